The summed E-state index contributed by atoms with van der Waals surface area (Å²) in [5, 5.41) is 13.1. The second-order valence-electron chi connectivity index (χ2n) is 6.48. The lowest BCUT2D eigenvalue weighted by Crippen LogP contribution is -2.04. The molecule has 2 aromatic carbocycles. The summed E-state index contributed by atoms with van der Waals surface area (Å²) < 4.78 is 7.80. The minimum absolute atomic E-state index is 0.376. The fourth-order valence-electron chi connectivity index (χ4n) is 2.72. The Morgan fingerprint density at radius 2 is 2.00 bits per heavy atom. The zero-order valence-corrected chi connectivity index (χ0v) is 18.4. The van der Waals surface area contributed by atoms with E-state index in [1.807, 2.05) is 67.1 Å². The van der Waals surface area contributed by atoms with Gasteiger partial charge in [0.05, 0.1) is 10.7 Å². The second kappa shape index (κ2) is 8.98. The molecule has 0 spiro atoms. The van der Waals surface area contributed by atoms with Gasteiger partial charge < -0.3 is 9.30 Å². The van der Waals surface area contributed by atoms with Crippen LogP contribution in [-0.2, 0) is 19.4 Å². The van der Waals surface area contributed by atoms with Crippen molar-refractivity contribution < 1.29 is 4.74 Å². The summed E-state index contributed by atoms with van der Waals surface area (Å²) in [4.78, 5) is 4.71. The zero-order valence-electron chi connectivity index (χ0n) is 16.0. The monoisotopic (exact) mass is 442 g/mol. The van der Waals surface area contributed by atoms with E-state index >= 15 is 0 Å². The second-order valence-corrected chi connectivity index (χ2v) is 8.68. The number of thiazole rings is 1. The Labute approximate surface area is 182 Å². The van der Waals surface area contributed by atoms with Crippen LogP contribution in [0.3, 0.4) is 0 Å². The fourth-order valence-corrected chi connectivity index (χ4v) is 4.79. The van der Waals surface area contributed by atoms with E-state index in [1.165, 1.54) is 0 Å². The van der Waals surface area contributed by atoms with Crippen molar-refractivity contribution in [1.29, 1.82) is 0 Å². The SMILES string of the molecule is Cc1cccc(OCc2nnc(SCc3csc(-c4ccccc4Cl)n3)n2C)c1. The number of hydrogen-bond donors (Lipinski definition) is 0. The number of halogens is 1. The lowest BCUT2D eigenvalue weighted by atomic mass is 10.2. The van der Waals surface area contributed by atoms with Crippen LogP contribution in [-0.4, -0.2) is 19.7 Å². The number of aromatic nitrogens is 4. The Balaban J connectivity index is 1.38. The Kier molecular flexibility index (Phi) is 6.18. The molecule has 8 heteroatoms. The Hall–Kier alpha value is -2.35. The summed E-state index contributed by atoms with van der Waals surface area (Å²) in [6.07, 6.45) is 0. The standard InChI is InChI=1S/C21H19ClN4OS2/c1-14-6-5-7-16(10-14)27-11-19-24-25-21(26(19)2)29-13-15-12-28-20(23-15)17-8-3-4-9-18(17)22/h3-10,12H,11,13H2,1-2H3. The fraction of sp³-hybridized carbons (Fsp3) is 0.190. The van der Waals surface area contributed by atoms with Gasteiger partial charge in [-0.3, -0.25) is 0 Å². The molecule has 0 unspecified atom stereocenters. The van der Waals surface area contributed by atoms with E-state index in [-0.39, 0.29) is 0 Å². The number of thioether (sulfide) groups is 1. The maximum atomic E-state index is 6.28. The molecule has 148 valence electrons. The van der Waals surface area contributed by atoms with E-state index in [2.05, 4.69) is 15.6 Å². The minimum Gasteiger partial charge on any atom is -0.486 e. The van der Waals surface area contributed by atoms with Crippen LogP contribution in [0.1, 0.15) is 17.1 Å². The average Bonchev–Trinajstić information content (AvgIpc) is 3.32. The van der Waals surface area contributed by atoms with Gasteiger partial charge in [0, 0.05) is 23.7 Å². The summed E-state index contributed by atoms with van der Waals surface area (Å²) in [5.74, 6) is 2.33. The first-order valence-corrected chi connectivity index (χ1v) is 11.2. The molecule has 0 fully saturated rings. The molecule has 4 rings (SSSR count). The van der Waals surface area contributed by atoms with Crippen LogP contribution in [0, 0.1) is 6.92 Å². The van der Waals surface area contributed by atoms with Crippen LogP contribution >= 0.6 is 34.7 Å². The van der Waals surface area contributed by atoms with E-state index in [9.17, 15) is 0 Å². The lowest BCUT2D eigenvalue weighted by molar-refractivity contribution is 0.290. The first-order chi connectivity index (χ1) is 14.1. The number of aryl methyl sites for hydroxylation is 1. The third-order valence-corrected chi connectivity index (χ3v) is 6.60. The lowest BCUT2D eigenvalue weighted by Gasteiger charge is -2.07. The summed E-state index contributed by atoms with van der Waals surface area (Å²) in [5.41, 5.74) is 3.12. The Morgan fingerprint density at radius 3 is 2.83 bits per heavy atom. The van der Waals surface area contributed by atoms with Crippen molar-refractivity contribution in [3.8, 4) is 16.3 Å². The van der Waals surface area contributed by atoms with Crippen LogP contribution in [0.25, 0.3) is 10.6 Å². The van der Waals surface area contributed by atoms with Crippen molar-refractivity contribution in [2.45, 2.75) is 24.4 Å². The molecule has 0 saturated carbocycles. The van der Waals surface area contributed by atoms with E-state index in [4.69, 9.17) is 21.3 Å². The topological polar surface area (TPSA) is 52.8 Å². The molecular weight excluding hydrogens is 424 g/mol. The maximum Gasteiger partial charge on any atom is 0.191 e. The van der Waals surface area contributed by atoms with Gasteiger partial charge in [0.2, 0.25) is 0 Å². The predicted octanol–water partition coefficient (Wildman–Crippen LogP) is 5.77. The van der Waals surface area contributed by atoms with Crippen molar-refractivity contribution in [2.75, 3.05) is 0 Å². The zero-order chi connectivity index (χ0) is 20.2. The molecule has 4 aromatic rings. The molecule has 0 atom stereocenters. The van der Waals surface area contributed by atoms with Crippen LogP contribution in [0.5, 0.6) is 5.75 Å². The average molecular weight is 443 g/mol. The van der Waals surface area contributed by atoms with Gasteiger partial charge >= 0.3 is 0 Å². The first kappa shape index (κ1) is 19.9. The van der Waals surface area contributed by atoms with Gasteiger partial charge in [0.15, 0.2) is 11.0 Å². The van der Waals surface area contributed by atoms with Gasteiger partial charge in [-0.2, -0.15) is 0 Å². The number of rotatable bonds is 7. The summed E-state index contributed by atoms with van der Waals surface area (Å²) in [6.45, 7) is 2.42. The molecular formula is C21H19ClN4OS2. The van der Waals surface area contributed by atoms with Gasteiger partial charge in [-0.1, -0.05) is 53.7 Å². The minimum atomic E-state index is 0.376. The smallest absolute Gasteiger partial charge is 0.191 e. The summed E-state index contributed by atoms with van der Waals surface area (Å²) in [7, 11) is 1.95. The predicted molar refractivity (Wildman–Crippen MR) is 119 cm³/mol. The molecule has 0 N–H and O–H groups in total. The number of nitrogens with zero attached hydrogens (tertiary/aromatic N) is 4. The summed E-state index contributed by atoms with van der Waals surface area (Å²) in [6, 6.07) is 15.7. The van der Waals surface area contributed by atoms with Gasteiger partial charge in [0.25, 0.3) is 0 Å². The van der Waals surface area contributed by atoms with Gasteiger partial charge in [-0.15, -0.1) is 21.5 Å². The number of benzene rings is 2. The van der Waals surface area contributed by atoms with Crippen LogP contribution in [0.4, 0.5) is 0 Å². The molecule has 0 bridgehead atoms. The Bertz CT molecular complexity index is 1130. The molecule has 29 heavy (non-hydrogen) atoms. The van der Waals surface area contributed by atoms with Crippen LogP contribution < -0.4 is 4.74 Å². The van der Waals surface area contributed by atoms with Crippen molar-refractivity contribution >= 4 is 34.7 Å². The molecule has 0 saturated heterocycles. The quantitative estimate of drug-likeness (QED) is 0.340. The molecule has 0 aliphatic carbocycles. The van der Waals surface area contributed by atoms with E-state index < -0.39 is 0 Å². The van der Waals surface area contributed by atoms with Gasteiger partial charge in [-0.25, -0.2) is 4.98 Å². The summed E-state index contributed by atoms with van der Waals surface area (Å²) >= 11 is 9.47. The van der Waals surface area contributed by atoms with Crippen LogP contribution in [0.2, 0.25) is 5.02 Å². The number of hydrogen-bond acceptors (Lipinski definition) is 6. The number of ether oxygens (including phenoxy) is 1. The highest BCUT2D eigenvalue weighted by Crippen LogP contribution is 2.31. The van der Waals surface area contributed by atoms with Crippen LogP contribution in [0.15, 0.2) is 59.1 Å². The van der Waals surface area contributed by atoms with E-state index in [0.717, 1.165) is 38.6 Å². The highest BCUT2D eigenvalue weighted by molar-refractivity contribution is 7.98. The third-order valence-electron chi connectivity index (χ3n) is 4.29. The highest BCUT2D eigenvalue weighted by Gasteiger charge is 2.12. The highest BCUT2D eigenvalue weighted by atomic mass is 35.5. The first-order valence-electron chi connectivity index (χ1n) is 9.00. The maximum absolute atomic E-state index is 6.28. The van der Waals surface area contributed by atoms with Crippen molar-refractivity contribution in [3.63, 3.8) is 0 Å². The third kappa shape index (κ3) is 4.80. The molecule has 5 nitrogen and oxygen atoms in total. The van der Waals surface area contributed by atoms with Crippen molar-refractivity contribution in [1.82, 2.24) is 19.7 Å². The largest absolute Gasteiger partial charge is 0.486 e. The molecule has 0 aliphatic rings. The molecule has 0 aliphatic heterocycles. The van der Waals surface area contributed by atoms with Crippen molar-refractivity contribution in [3.05, 3.63) is 76.0 Å². The molecule has 0 radical (unpaired) electrons. The molecule has 0 amide bonds. The Morgan fingerprint density at radius 1 is 1.14 bits per heavy atom. The van der Waals surface area contributed by atoms with Gasteiger partial charge in [0.1, 0.15) is 17.4 Å². The van der Waals surface area contributed by atoms with E-state index in [1.54, 1.807) is 23.1 Å². The van der Waals surface area contributed by atoms with Crippen molar-refractivity contribution in [2.24, 2.45) is 7.05 Å². The van der Waals surface area contributed by atoms with Gasteiger partial charge in [-0.05, 0) is 30.7 Å². The molecule has 2 heterocycles. The normalized spacial score (nSPS) is 11.0. The van der Waals surface area contributed by atoms with E-state index in [0.29, 0.717) is 17.4 Å². The molecule has 2 aromatic heterocycles.